The van der Waals surface area contributed by atoms with Crippen molar-refractivity contribution in [1.29, 1.82) is 0 Å². The van der Waals surface area contributed by atoms with Gasteiger partial charge in [0.1, 0.15) is 0 Å². The van der Waals surface area contributed by atoms with Gasteiger partial charge in [-0.15, -0.1) is 10.2 Å². The summed E-state index contributed by atoms with van der Waals surface area (Å²) in [5.41, 5.74) is 6.51. The number of benzene rings is 3. The molecule has 0 aliphatic carbocycles. The van der Waals surface area contributed by atoms with Crippen molar-refractivity contribution in [3.63, 3.8) is 0 Å². The first-order valence-electron chi connectivity index (χ1n) is 10.9. The molecule has 0 amide bonds. The van der Waals surface area contributed by atoms with Crippen LogP contribution in [0.3, 0.4) is 0 Å². The molecule has 10 heteroatoms. The highest BCUT2D eigenvalue weighted by molar-refractivity contribution is 7.89. The molecule has 0 fully saturated rings. The van der Waals surface area contributed by atoms with Crippen molar-refractivity contribution >= 4 is 10.0 Å². The van der Waals surface area contributed by atoms with Crippen LogP contribution in [0.15, 0.2) is 102 Å². The number of nitrogens with two attached hydrogens (primary N) is 1. The molecule has 4 rings (SSSR count). The average Bonchev–Trinajstić information content (AvgIpc) is 2.83. The first kappa shape index (κ1) is 27.4. The van der Waals surface area contributed by atoms with Crippen molar-refractivity contribution in [2.45, 2.75) is 24.7 Å². The molecule has 1 heterocycles. The summed E-state index contributed by atoms with van der Waals surface area (Å²) in [6.45, 7) is 2.16. The molecule has 4 aromatic rings. The third-order valence-electron chi connectivity index (χ3n) is 5.25. The van der Waals surface area contributed by atoms with Gasteiger partial charge in [0.05, 0.1) is 4.90 Å². The van der Waals surface area contributed by atoms with Gasteiger partial charge in [0.25, 0.3) is 0 Å². The molecule has 0 saturated heterocycles. The molecule has 1 aromatic heterocycles. The summed E-state index contributed by atoms with van der Waals surface area (Å²) < 4.78 is 59.6. The monoisotopic (exact) mass is 528 g/mol. The zero-order valence-corrected chi connectivity index (χ0v) is 21.0. The molecule has 0 spiro atoms. The first-order chi connectivity index (χ1) is 17.0. The molecular weight excluding hydrogens is 504 g/mol. The number of aromatic nitrogens is 1. The number of aryl methyl sites for hydroxylation is 1. The first-order valence-corrected chi connectivity index (χ1v) is 13.7. The van der Waals surface area contributed by atoms with E-state index in [1.807, 2.05) is 48.5 Å². The van der Waals surface area contributed by atoms with E-state index in [0.29, 0.717) is 0 Å². The van der Waals surface area contributed by atoms with Crippen molar-refractivity contribution in [3.8, 4) is 28.1 Å². The summed E-state index contributed by atoms with van der Waals surface area (Å²) in [6.07, 6.45) is 1.87. The van der Waals surface area contributed by atoms with Crippen molar-refractivity contribution in [1.82, 2.24) is 0 Å². The Kier molecular flexibility index (Phi) is 8.93. The molecule has 0 aliphatic rings. The Labute approximate surface area is 212 Å². The van der Waals surface area contributed by atoms with Gasteiger partial charge in [-0.2, -0.15) is 4.57 Å². The van der Waals surface area contributed by atoms with Gasteiger partial charge in [0.15, 0.2) is 5.69 Å². The predicted octanol–water partition coefficient (Wildman–Crippen LogP) is 0.141. The number of hydrogen-bond donors (Lipinski definition) is 1. The van der Waals surface area contributed by atoms with E-state index in [0.717, 1.165) is 46.6 Å². The molecule has 0 saturated carbocycles. The maximum absolute atomic E-state index is 11.7. The molecule has 0 atom stereocenters. The molecule has 0 aliphatic heterocycles. The van der Waals surface area contributed by atoms with Crippen molar-refractivity contribution in [3.05, 3.63) is 103 Å². The summed E-state index contributed by atoms with van der Waals surface area (Å²) >= 11 is 0. The molecule has 3 aromatic carbocycles. The van der Waals surface area contributed by atoms with E-state index in [2.05, 4.69) is 47.9 Å². The number of sulfonamides is 1. The summed E-state index contributed by atoms with van der Waals surface area (Å²) in [6, 6.07) is 31.7. The summed E-state index contributed by atoms with van der Waals surface area (Å²) in [5, 5.41) is 5.29. The minimum absolute atomic E-state index is 0.107. The second-order valence-electron chi connectivity index (χ2n) is 7.85. The minimum atomic E-state index is -4.94. The van der Waals surface area contributed by atoms with Crippen molar-refractivity contribution in [2.75, 3.05) is 0 Å². The highest BCUT2D eigenvalue weighted by Crippen LogP contribution is 2.27. The fraction of sp³-hybridized carbons (Fsp3) is 0.115. The smallest absolute Gasteiger partial charge is 0.225 e. The lowest BCUT2D eigenvalue weighted by molar-refractivity contribution is -2.00. The van der Waals surface area contributed by atoms with Gasteiger partial charge in [0.2, 0.25) is 21.4 Å². The zero-order valence-electron chi connectivity index (χ0n) is 19.4. The van der Waals surface area contributed by atoms with E-state index in [1.54, 1.807) is 12.1 Å². The van der Waals surface area contributed by atoms with Crippen LogP contribution in [0.4, 0.5) is 0 Å². The number of primary sulfonamides is 1. The standard InChI is InChI=1S/C26H25N2O2S.ClHO4/c1-2-9-24-18-22(20-10-5-3-6-11-20)19-26(21-12-7-4-8-13-21)28(24)23-14-16-25(17-15-23)31(27,29)30;2-1(3,4)5/h3-8,10-19H,2,9H2,1H3,(H2,27,29,30);(H,2,3,4,5)/q+1;/p-1. The average molecular weight is 529 g/mol. The third kappa shape index (κ3) is 7.67. The van der Waals surface area contributed by atoms with E-state index < -0.39 is 20.3 Å². The zero-order chi connectivity index (χ0) is 26.3. The highest BCUT2D eigenvalue weighted by atomic mass is 35.7. The Balaban J connectivity index is 0.000000658. The fourth-order valence-corrected chi connectivity index (χ4v) is 4.32. The Morgan fingerprint density at radius 3 is 1.72 bits per heavy atom. The molecule has 0 radical (unpaired) electrons. The molecule has 0 bridgehead atoms. The van der Waals surface area contributed by atoms with Crippen LogP contribution in [-0.2, 0) is 16.4 Å². The van der Waals surface area contributed by atoms with Gasteiger partial charge >= 0.3 is 0 Å². The molecular formula is C26H25ClN2O6S. The third-order valence-corrected chi connectivity index (χ3v) is 6.18. The number of hydrogen-bond acceptors (Lipinski definition) is 6. The SMILES string of the molecule is CCCc1cc(-c2ccccc2)cc(-c2ccccc2)[n+]1-c1ccc(S(N)(=O)=O)cc1.[O-][Cl+3]([O-])([O-])[O-]. The fourth-order valence-electron chi connectivity index (χ4n) is 3.80. The Morgan fingerprint density at radius 2 is 1.25 bits per heavy atom. The summed E-state index contributed by atoms with van der Waals surface area (Å²) in [5.74, 6) is 0. The van der Waals surface area contributed by atoms with E-state index in [-0.39, 0.29) is 4.90 Å². The lowest BCUT2D eigenvalue weighted by Gasteiger charge is -2.17. The second-order valence-corrected chi connectivity index (χ2v) is 10.2. The Bertz CT molecular complexity index is 1390. The quantitative estimate of drug-likeness (QED) is 0.351. The molecule has 36 heavy (non-hydrogen) atoms. The van der Waals surface area contributed by atoms with Crippen LogP contribution < -0.4 is 28.3 Å². The molecule has 0 unspecified atom stereocenters. The van der Waals surface area contributed by atoms with E-state index in [1.165, 1.54) is 0 Å². The molecule has 2 N–H and O–H groups in total. The summed E-state index contributed by atoms with van der Waals surface area (Å²) in [4.78, 5) is 0.107. The van der Waals surface area contributed by atoms with Gasteiger partial charge in [-0.05, 0) is 41.8 Å². The second kappa shape index (κ2) is 11.7. The predicted molar refractivity (Wildman–Crippen MR) is 124 cm³/mol. The number of nitrogens with zero attached hydrogens (tertiary/aromatic N) is 1. The van der Waals surface area contributed by atoms with Crippen LogP contribution in [-0.4, -0.2) is 8.42 Å². The van der Waals surface area contributed by atoms with Crippen molar-refractivity contribution < 1.29 is 41.9 Å². The van der Waals surface area contributed by atoms with Gasteiger partial charge in [-0.25, -0.2) is 32.2 Å². The largest absolute Gasteiger partial charge is 0.238 e. The minimum Gasteiger partial charge on any atom is -0.225 e. The van der Waals surface area contributed by atoms with Crippen LogP contribution in [0.1, 0.15) is 19.0 Å². The Morgan fingerprint density at radius 1 is 0.750 bits per heavy atom. The lowest BCUT2D eigenvalue weighted by atomic mass is 9.99. The van der Waals surface area contributed by atoms with Crippen LogP contribution in [0.25, 0.3) is 28.1 Å². The summed E-state index contributed by atoms with van der Waals surface area (Å²) in [7, 11) is -8.68. The van der Waals surface area contributed by atoms with Crippen LogP contribution in [0.5, 0.6) is 0 Å². The normalized spacial score (nSPS) is 11.5. The van der Waals surface area contributed by atoms with Gasteiger partial charge in [0, 0.05) is 36.2 Å². The topological polar surface area (TPSA) is 156 Å². The van der Waals surface area contributed by atoms with E-state index >= 15 is 0 Å². The lowest BCUT2D eigenvalue weighted by Crippen LogP contribution is -2.68. The van der Waals surface area contributed by atoms with E-state index in [4.69, 9.17) is 23.8 Å². The number of pyridine rings is 1. The number of rotatable bonds is 6. The van der Waals surface area contributed by atoms with Gasteiger partial charge in [-0.1, -0.05) is 55.5 Å². The van der Waals surface area contributed by atoms with Crippen LogP contribution >= 0.6 is 0 Å². The van der Waals surface area contributed by atoms with Crippen LogP contribution in [0, 0.1) is 10.2 Å². The van der Waals surface area contributed by atoms with Gasteiger partial charge < -0.3 is 0 Å². The maximum atomic E-state index is 11.7. The molecule has 8 nitrogen and oxygen atoms in total. The van der Waals surface area contributed by atoms with Crippen LogP contribution in [0.2, 0.25) is 0 Å². The molecule has 188 valence electrons. The maximum Gasteiger partial charge on any atom is 0.238 e. The number of halogens is 1. The van der Waals surface area contributed by atoms with Gasteiger partial charge in [-0.3, -0.25) is 0 Å². The Hall–Kier alpha value is -3.15. The van der Waals surface area contributed by atoms with E-state index in [9.17, 15) is 8.42 Å². The van der Waals surface area contributed by atoms with Crippen molar-refractivity contribution in [2.24, 2.45) is 5.14 Å². The highest BCUT2D eigenvalue weighted by Gasteiger charge is 2.23.